The first-order chi connectivity index (χ1) is 12.5. The van der Waals surface area contributed by atoms with Crippen molar-refractivity contribution in [2.75, 3.05) is 32.6 Å². The number of benzene rings is 1. The topological polar surface area (TPSA) is 52.6 Å². The van der Waals surface area contributed by atoms with Crippen molar-refractivity contribution in [3.63, 3.8) is 0 Å². The molecule has 1 aromatic carbocycles. The molecule has 0 bridgehead atoms. The van der Waals surface area contributed by atoms with Crippen LogP contribution in [0, 0.1) is 0 Å². The van der Waals surface area contributed by atoms with Crippen LogP contribution in [0.25, 0.3) is 0 Å². The van der Waals surface area contributed by atoms with Crippen LogP contribution in [0.2, 0.25) is 0 Å². The van der Waals surface area contributed by atoms with Crippen LogP contribution < -0.4 is 15.5 Å². The minimum Gasteiger partial charge on any atom is -0.363 e. The van der Waals surface area contributed by atoms with Gasteiger partial charge in [0.2, 0.25) is 0 Å². The van der Waals surface area contributed by atoms with E-state index in [0.717, 1.165) is 24.0 Å². The zero-order chi connectivity index (χ0) is 18.6. The molecule has 1 fully saturated rings. The van der Waals surface area contributed by atoms with Crippen LogP contribution in [0.1, 0.15) is 24.1 Å². The van der Waals surface area contributed by atoms with E-state index in [1.807, 2.05) is 37.2 Å². The molecule has 0 radical (unpaired) electrons. The Labute approximate surface area is 187 Å². The lowest BCUT2D eigenvalue weighted by Crippen LogP contribution is -2.41. The maximum absolute atomic E-state index is 4.63. The molecule has 27 heavy (non-hydrogen) atoms. The molecule has 5 nitrogen and oxygen atoms in total. The smallest absolute Gasteiger partial charge is 0.191 e. The van der Waals surface area contributed by atoms with Crippen LogP contribution in [0.5, 0.6) is 0 Å². The van der Waals surface area contributed by atoms with Gasteiger partial charge >= 0.3 is 0 Å². The monoisotopic (exact) mass is 543 g/mol. The average molecular weight is 544 g/mol. The summed E-state index contributed by atoms with van der Waals surface area (Å²) in [4.78, 5) is 11.0. The lowest BCUT2D eigenvalue weighted by atomic mass is 9.96. The molecule has 2 N–H and O–H groups in total. The second-order valence-electron chi connectivity index (χ2n) is 6.92. The fourth-order valence-electron chi connectivity index (χ4n) is 3.05. The summed E-state index contributed by atoms with van der Waals surface area (Å²) < 4.78 is 1.19. The van der Waals surface area contributed by atoms with Crippen molar-refractivity contribution in [2.45, 2.75) is 24.8 Å². The lowest BCUT2D eigenvalue weighted by molar-refractivity contribution is 0.642. The number of hydrogen-bond acceptors (Lipinski definition) is 3. The molecule has 1 heterocycles. The highest BCUT2D eigenvalue weighted by molar-refractivity contribution is 14.0. The molecule has 7 heteroatoms. The molecular formula is C20H27BrIN5. The third-order valence-corrected chi connectivity index (χ3v) is 5.50. The zero-order valence-electron chi connectivity index (χ0n) is 16.0. The highest BCUT2D eigenvalue weighted by atomic mass is 127. The summed E-state index contributed by atoms with van der Waals surface area (Å²) in [5, 5.41) is 6.85. The van der Waals surface area contributed by atoms with Crippen molar-refractivity contribution >= 4 is 51.7 Å². The normalized spacial score (nSPS) is 14.9. The van der Waals surface area contributed by atoms with Gasteiger partial charge in [0.25, 0.3) is 0 Å². The van der Waals surface area contributed by atoms with Crippen LogP contribution in [0.3, 0.4) is 0 Å². The van der Waals surface area contributed by atoms with Crippen LogP contribution in [-0.4, -0.2) is 38.6 Å². The Morgan fingerprint density at radius 3 is 2.52 bits per heavy atom. The van der Waals surface area contributed by atoms with Crippen LogP contribution >= 0.6 is 39.9 Å². The fourth-order valence-corrected chi connectivity index (χ4v) is 3.75. The number of nitrogens with one attached hydrogen (secondary N) is 2. The van der Waals surface area contributed by atoms with E-state index in [4.69, 9.17) is 0 Å². The third kappa shape index (κ3) is 5.57. The number of rotatable bonds is 6. The molecule has 0 atom stereocenters. The van der Waals surface area contributed by atoms with Gasteiger partial charge in [0.15, 0.2) is 5.96 Å². The fraction of sp³-hybridized carbons (Fsp3) is 0.400. The summed E-state index contributed by atoms with van der Waals surface area (Å²) in [5.74, 6) is 1.76. The van der Waals surface area contributed by atoms with E-state index in [1.165, 1.54) is 22.9 Å². The zero-order valence-corrected chi connectivity index (χ0v) is 19.9. The van der Waals surface area contributed by atoms with Gasteiger partial charge in [-0.25, -0.2) is 4.98 Å². The van der Waals surface area contributed by atoms with Crippen molar-refractivity contribution < 1.29 is 0 Å². The van der Waals surface area contributed by atoms with Crippen LogP contribution in [0.4, 0.5) is 5.82 Å². The lowest BCUT2D eigenvalue weighted by Gasteiger charge is -2.20. The van der Waals surface area contributed by atoms with E-state index in [9.17, 15) is 0 Å². The van der Waals surface area contributed by atoms with E-state index in [0.29, 0.717) is 6.54 Å². The Hall–Kier alpha value is -1.35. The Bertz CT molecular complexity index is 789. The minimum absolute atomic E-state index is 0. The predicted octanol–water partition coefficient (Wildman–Crippen LogP) is 3.92. The highest BCUT2D eigenvalue weighted by Crippen LogP contribution is 2.49. The molecule has 1 saturated carbocycles. The minimum atomic E-state index is 0. The Morgan fingerprint density at radius 1 is 1.15 bits per heavy atom. The molecule has 2 aromatic rings. The number of aromatic nitrogens is 1. The standard InChI is InChI=1S/C20H26BrN5.HI/c1-22-19(23-13-15-7-6-10-18(25-15)26(2)3)24-14-20(11-12-20)16-8-4-5-9-17(16)21;/h4-10H,11-14H2,1-3H3,(H2,22,23,24);1H. The molecule has 0 unspecified atom stereocenters. The molecule has 146 valence electrons. The molecule has 1 aliphatic carbocycles. The SMILES string of the molecule is CN=C(NCc1cccc(N(C)C)n1)NCC1(c2ccccc2Br)CC1.I. The first-order valence-corrected chi connectivity index (χ1v) is 9.66. The number of halogens is 2. The third-order valence-electron chi connectivity index (χ3n) is 4.80. The van der Waals surface area contributed by atoms with Gasteiger partial charge in [0, 0.05) is 37.6 Å². The number of aliphatic imine (C=N–C) groups is 1. The molecule has 0 spiro atoms. The maximum Gasteiger partial charge on any atom is 0.191 e. The van der Waals surface area contributed by atoms with Crippen molar-refractivity contribution in [3.05, 3.63) is 58.2 Å². The summed E-state index contributed by atoms with van der Waals surface area (Å²) in [6.45, 7) is 1.52. The molecule has 1 aromatic heterocycles. The summed E-state index contributed by atoms with van der Waals surface area (Å²) in [5.41, 5.74) is 2.58. The van der Waals surface area contributed by atoms with E-state index in [-0.39, 0.29) is 29.4 Å². The number of pyridine rings is 1. The maximum atomic E-state index is 4.63. The summed E-state index contributed by atoms with van der Waals surface area (Å²) >= 11 is 3.69. The molecule has 0 aliphatic heterocycles. The van der Waals surface area contributed by atoms with Crippen molar-refractivity contribution in [1.82, 2.24) is 15.6 Å². The van der Waals surface area contributed by atoms with E-state index >= 15 is 0 Å². The van der Waals surface area contributed by atoms with Gasteiger partial charge in [-0.3, -0.25) is 4.99 Å². The van der Waals surface area contributed by atoms with Gasteiger partial charge in [-0.2, -0.15) is 0 Å². The second-order valence-corrected chi connectivity index (χ2v) is 7.78. The number of guanidine groups is 1. The Balaban J connectivity index is 0.00000261. The molecule has 3 rings (SSSR count). The predicted molar refractivity (Wildman–Crippen MR) is 127 cm³/mol. The molecule has 0 amide bonds. The van der Waals surface area contributed by atoms with E-state index in [1.54, 1.807) is 7.05 Å². The quantitative estimate of drug-likeness (QED) is 0.329. The molecule has 0 saturated heterocycles. The average Bonchev–Trinajstić information content (AvgIpc) is 3.43. The van der Waals surface area contributed by atoms with Gasteiger partial charge in [-0.05, 0) is 36.6 Å². The first kappa shape index (κ1) is 21.9. The number of nitrogens with zero attached hydrogens (tertiary/aromatic N) is 3. The van der Waals surface area contributed by atoms with Gasteiger partial charge < -0.3 is 15.5 Å². The Morgan fingerprint density at radius 2 is 1.89 bits per heavy atom. The summed E-state index contributed by atoms with van der Waals surface area (Å²) in [7, 11) is 5.80. The number of anilines is 1. The van der Waals surface area contributed by atoms with Crippen LogP contribution in [-0.2, 0) is 12.0 Å². The van der Waals surface area contributed by atoms with E-state index < -0.39 is 0 Å². The first-order valence-electron chi connectivity index (χ1n) is 8.87. The van der Waals surface area contributed by atoms with Gasteiger partial charge in [-0.15, -0.1) is 24.0 Å². The Kier molecular flexibility index (Phi) is 7.91. The van der Waals surface area contributed by atoms with Gasteiger partial charge in [0.05, 0.1) is 12.2 Å². The largest absolute Gasteiger partial charge is 0.363 e. The summed E-state index contributed by atoms with van der Waals surface area (Å²) in [6, 6.07) is 14.6. The van der Waals surface area contributed by atoms with E-state index in [2.05, 4.69) is 60.8 Å². The van der Waals surface area contributed by atoms with Crippen LogP contribution in [0.15, 0.2) is 51.9 Å². The van der Waals surface area contributed by atoms with Crippen molar-refractivity contribution in [1.29, 1.82) is 0 Å². The summed E-state index contributed by atoms with van der Waals surface area (Å²) in [6.07, 6.45) is 2.40. The second kappa shape index (κ2) is 9.73. The van der Waals surface area contributed by atoms with Gasteiger partial charge in [0.1, 0.15) is 5.82 Å². The van der Waals surface area contributed by atoms with Crippen molar-refractivity contribution in [3.8, 4) is 0 Å². The van der Waals surface area contributed by atoms with Crippen molar-refractivity contribution in [2.24, 2.45) is 4.99 Å². The molecular weight excluding hydrogens is 517 g/mol. The molecule has 1 aliphatic rings. The number of hydrogen-bond donors (Lipinski definition) is 2. The highest BCUT2D eigenvalue weighted by Gasteiger charge is 2.45. The van der Waals surface area contributed by atoms with Gasteiger partial charge in [-0.1, -0.05) is 40.2 Å².